The zero-order chi connectivity index (χ0) is 19.1. The van der Waals surface area contributed by atoms with E-state index in [1.807, 2.05) is 0 Å². The second kappa shape index (κ2) is 8.52. The Kier molecular flexibility index (Phi) is 6.15. The van der Waals surface area contributed by atoms with Crippen LogP contribution in [0.3, 0.4) is 0 Å². The lowest BCUT2D eigenvalue weighted by atomic mass is 10.1. The van der Waals surface area contributed by atoms with E-state index in [1.54, 1.807) is 24.3 Å². The molecule has 2 rings (SSSR count). The van der Waals surface area contributed by atoms with Gasteiger partial charge in [0.2, 0.25) is 0 Å². The molecule has 2 amide bonds. The Bertz CT molecular complexity index is 834. The summed E-state index contributed by atoms with van der Waals surface area (Å²) in [6, 6.07) is 10.3. The summed E-state index contributed by atoms with van der Waals surface area (Å²) in [4.78, 5) is 35.9. The Hall–Kier alpha value is -3.55. The van der Waals surface area contributed by atoms with Crippen LogP contribution in [0.4, 0.5) is 16.2 Å². The molecule has 8 heteroatoms. The van der Waals surface area contributed by atoms with Gasteiger partial charge in [-0.25, -0.2) is 14.4 Å². The van der Waals surface area contributed by atoms with Crippen molar-refractivity contribution < 1.29 is 28.6 Å². The molecule has 0 heterocycles. The van der Waals surface area contributed by atoms with Crippen LogP contribution in [-0.4, -0.2) is 39.3 Å². The van der Waals surface area contributed by atoms with E-state index in [4.69, 9.17) is 9.47 Å². The predicted molar refractivity (Wildman–Crippen MR) is 94.8 cm³/mol. The van der Waals surface area contributed by atoms with Gasteiger partial charge >= 0.3 is 18.0 Å². The molecule has 0 atom stereocenters. The molecule has 0 saturated heterocycles. The molecule has 0 spiro atoms. The van der Waals surface area contributed by atoms with E-state index < -0.39 is 18.0 Å². The molecule has 0 aliphatic carbocycles. The third kappa shape index (κ3) is 4.29. The SMILES string of the molecule is COC(=O)c1ccc(C(=O)OC)c(NC(=O)Nc2ccccc2OC)c1. The second-order valence-corrected chi connectivity index (χ2v) is 5.02. The summed E-state index contributed by atoms with van der Waals surface area (Å²) in [5.41, 5.74) is 0.812. The average molecular weight is 358 g/mol. The zero-order valence-corrected chi connectivity index (χ0v) is 14.5. The first-order valence-electron chi connectivity index (χ1n) is 7.51. The molecule has 0 fully saturated rings. The molecule has 26 heavy (non-hydrogen) atoms. The van der Waals surface area contributed by atoms with Crippen LogP contribution < -0.4 is 15.4 Å². The van der Waals surface area contributed by atoms with Gasteiger partial charge in [0.15, 0.2) is 0 Å². The molecular weight excluding hydrogens is 340 g/mol. The lowest BCUT2D eigenvalue weighted by Gasteiger charge is -2.13. The molecule has 0 saturated carbocycles. The van der Waals surface area contributed by atoms with E-state index in [-0.39, 0.29) is 16.8 Å². The first kappa shape index (κ1) is 18.8. The molecule has 2 aromatic rings. The molecule has 0 bridgehead atoms. The third-order valence-electron chi connectivity index (χ3n) is 3.45. The van der Waals surface area contributed by atoms with Gasteiger partial charge < -0.3 is 24.8 Å². The molecule has 0 radical (unpaired) electrons. The number of carbonyl (C=O) groups is 3. The summed E-state index contributed by atoms with van der Waals surface area (Å²) < 4.78 is 14.5. The molecule has 0 aliphatic heterocycles. The fraction of sp³-hybridized carbons (Fsp3) is 0.167. The number of hydrogen-bond donors (Lipinski definition) is 2. The van der Waals surface area contributed by atoms with Crippen LogP contribution in [0.1, 0.15) is 20.7 Å². The highest BCUT2D eigenvalue weighted by molar-refractivity contribution is 6.06. The van der Waals surface area contributed by atoms with Crippen molar-refractivity contribution in [2.45, 2.75) is 0 Å². The van der Waals surface area contributed by atoms with Gasteiger partial charge in [0.05, 0.1) is 43.8 Å². The van der Waals surface area contributed by atoms with Crippen molar-refractivity contribution in [2.24, 2.45) is 0 Å². The Morgan fingerprint density at radius 1 is 0.808 bits per heavy atom. The van der Waals surface area contributed by atoms with Gasteiger partial charge in [-0.15, -0.1) is 0 Å². The fourth-order valence-corrected chi connectivity index (χ4v) is 2.20. The zero-order valence-electron chi connectivity index (χ0n) is 14.5. The Labute approximate surface area is 150 Å². The maximum atomic E-state index is 12.3. The van der Waals surface area contributed by atoms with Crippen LogP contribution in [0.5, 0.6) is 5.75 Å². The van der Waals surface area contributed by atoms with Gasteiger partial charge in [-0.1, -0.05) is 12.1 Å². The molecule has 136 valence electrons. The predicted octanol–water partition coefficient (Wildman–Crippen LogP) is 2.91. The lowest BCUT2D eigenvalue weighted by Crippen LogP contribution is -2.22. The number of para-hydroxylation sites is 2. The summed E-state index contributed by atoms with van der Waals surface area (Å²) in [5, 5.41) is 5.14. The first-order valence-corrected chi connectivity index (χ1v) is 7.51. The van der Waals surface area contributed by atoms with Crippen LogP contribution >= 0.6 is 0 Å². The summed E-state index contributed by atoms with van der Waals surface area (Å²) in [5.74, 6) is -0.789. The Morgan fingerprint density at radius 3 is 2.12 bits per heavy atom. The Balaban J connectivity index is 2.29. The minimum Gasteiger partial charge on any atom is -0.495 e. The van der Waals surface area contributed by atoms with Crippen molar-refractivity contribution in [1.82, 2.24) is 0 Å². The van der Waals surface area contributed by atoms with Crippen LogP contribution in [0.2, 0.25) is 0 Å². The van der Waals surface area contributed by atoms with Crippen molar-refractivity contribution in [1.29, 1.82) is 0 Å². The number of urea groups is 1. The smallest absolute Gasteiger partial charge is 0.339 e. The van der Waals surface area contributed by atoms with Crippen molar-refractivity contribution in [2.75, 3.05) is 32.0 Å². The summed E-state index contributed by atoms with van der Waals surface area (Å²) in [6.45, 7) is 0. The highest BCUT2D eigenvalue weighted by atomic mass is 16.5. The van der Waals surface area contributed by atoms with Crippen LogP contribution in [0.15, 0.2) is 42.5 Å². The van der Waals surface area contributed by atoms with Gasteiger partial charge in [-0.3, -0.25) is 0 Å². The lowest BCUT2D eigenvalue weighted by molar-refractivity contribution is 0.0587. The summed E-state index contributed by atoms with van der Waals surface area (Å²) >= 11 is 0. The quantitative estimate of drug-likeness (QED) is 0.797. The highest BCUT2D eigenvalue weighted by Gasteiger charge is 2.18. The van der Waals surface area contributed by atoms with Gasteiger partial charge in [-0.05, 0) is 30.3 Å². The number of carbonyl (C=O) groups excluding carboxylic acids is 3. The highest BCUT2D eigenvalue weighted by Crippen LogP contribution is 2.24. The molecular formula is C18H18N2O6. The molecule has 0 aliphatic rings. The molecule has 8 nitrogen and oxygen atoms in total. The fourth-order valence-electron chi connectivity index (χ4n) is 2.20. The van der Waals surface area contributed by atoms with Gasteiger partial charge in [0.1, 0.15) is 5.75 Å². The largest absolute Gasteiger partial charge is 0.495 e. The van der Waals surface area contributed by atoms with E-state index in [2.05, 4.69) is 15.4 Å². The van der Waals surface area contributed by atoms with E-state index in [0.717, 1.165) is 0 Å². The van der Waals surface area contributed by atoms with Gasteiger partial charge in [0, 0.05) is 0 Å². The molecule has 0 unspecified atom stereocenters. The van der Waals surface area contributed by atoms with Crippen molar-refractivity contribution >= 4 is 29.3 Å². The third-order valence-corrected chi connectivity index (χ3v) is 3.45. The monoisotopic (exact) mass is 358 g/mol. The van der Waals surface area contributed by atoms with Crippen LogP contribution in [0.25, 0.3) is 0 Å². The maximum Gasteiger partial charge on any atom is 0.339 e. The second-order valence-electron chi connectivity index (χ2n) is 5.02. The molecule has 2 aromatic carbocycles. The van der Waals surface area contributed by atoms with Crippen molar-refractivity contribution in [3.63, 3.8) is 0 Å². The average Bonchev–Trinajstić information content (AvgIpc) is 2.67. The number of hydrogen-bond acceptors (Lipinski definition) is 6. The van der Waals surface area contributed by atoms with Gasteiger partial charge in [-0.2, -0.15) is 0 Å². The topological polar surface area (TPSA) is 103 Å². The van der Waals surface area contributed by atoms with E-state index in [9.17, 15) is 14.4 Å². The minimum absolute atomic E-state index is 0.0929. The summed E-state index contributed by atoms with van der Waals surface area (Å²) in [7, 11) is 3.93. The van der Waals surface area contributed by atoms with Gasteiger partial charge in [0.25, 0.3) is 0 Å². The number of ether oxygens (including phenoxy) is 3. The number of amides is 2. The van der Waals surface area contributed by atoms with Crippen LogP contribution in [0, 0.1) is 0 Å². The number of benzene rings is 2. The number of rotatable bonds is 5. The number of nitrogens with one attached hydrogen (secondary N) is 2. The van der Waals surface area contributed by atoms with E-state index >= 15 is 0 Å². The minimum atomic E-state index is -0.658. The normalized spacial score (nSPS) is 9.81. The molecule has 0 aromatic heterocycles. The van der Waals surface area contributed by atoms with Crippen molar-refractivity contribution in [3.05, 3.63) is 53.6 Å². The number of anilines is 2. The number of esters is 2. The molecule has 2 N–H and O–H groups in total. The Morgan fingerprint density at radius 2 is 1.46 bits per heavy atom. The maximum absolute atomic E-state index is 12.3. The first-order chi connectivity index (χ1) is 12.5. The standard InChI is InChI=1S/C18H18N2O6/c1-24-15-7-5-4-6-13(15)19-18(23)20-14-10-11(16(21)25-2)8-9-12(14)17(22)26-3/h4-10H,1-3H3,(H2,19,20,23). The van der Waals surface area contributed by atoms with Crippen molar-refractivity contribution in [3.8, 4) is 5.75 Å². The summed E-state index contributed by atoms with van der Waals surface area (Å²) in [6.07, 6.45) is 0. The van der Waals surface area contributed by atoms with E-state index in [1.165, 1.54) is 39.5 Å². The van der Waals surface area contributed by atoms with E-state index in [0.29, 0.717) is 11.4 Å². The number of methoxy groups -OCH3 is 3. The van der Waals surface area contributed by atoms with Crippen LogP contribution in [-0.2, 0) is 9.47 Å².